The second kappa shape index (κ2) is 10.5. The molecule has 37 heavy (non-hydrogen) atoms. The minimum absolute atomic E-state index is 0.0310. The number of unbranched alkanes of at least 4 members (excludes halogenated alkanes) is 1. The average molecular weight is 495 g/mol. The molecular formula is C30H34N6O. The van der Waals surface area contributed by atoms with Crippen LogP contribution in [-0.2, 0) is 6.54 Å². The van der Waals surface area contributed by atoms with Gasteiger partial charge in [0.25, 0.3) is 5.91 Å². The Balaban J connectivity index is 1.45. The zero-order valence-corrected chi connectivity index (χ0v) is 22.0. The summed E-state index contributed by atoms with van der Waals surface area (Å²) in [6.45, 7) is 7.09. The third-order valence-corrected chi connectivity index (χ3v) is 7.31. The van der Waals surface area contributed by atoms with E-state index in [1.54, 1.807) is 0 Å². The van der Waals surface area contributed by atoms with Crippen LogP contribution < -0.4 is 4.90 Å². The van der Waals surface area contributed by atoms with Gasteiger partial charge in [0, 0.05) is 19.2 Å². The summed E-state index contributed by atoms with van der Waals surface area (Å²) in [6, 6.07) is 22.9. The van der Waals surface area contributed by atoms with Crippen molar-refractivity contribution >= 4 is 11.6 Å². The molecule has 4 aromatic rings. The Kier molecular flexibility index (Phi) is 7.04. The van der Waals surface area contributed by atoms with Crippen LogP contribution in [0, 0.1) is 0 Å². The zero-order chi connectivity index (χ0) is 25.9. The highest BCUT2D eigenvalue weighted by Gasteiger charge is 2.35. The fraction of sp³-hybridized carbons (Fsp3) is 0.333. The van der Waals surface area contributed by atoms with Gasteiger partial charge >= 0.3 is 0 Å². The van der Waals surface area contributed by atoms with Gasteiger partial charge in [-0.25, -0.2) is 0 Å². The van der Waals surface area contributed by atoms with Crippen molar-refractivity contribution in [2.24, 2.45) is 0 Å². The van der Waals surface area contributed by atoms with Gasteiger partial charge in [-0.05, 0) is 58.4 Å². The number of benzene rings is 3. The highest BCUT2D eigenvalue weighted by molar-refractivity contribution is 6.02. The molecule has 7 nitrogen and oxygen atoms in total. The minimum Gasteiger partial charge on any atom is -0.354 e. The monoisotopic (exact) mass is 494 g/mol. The molecule has 3 aromatic carbocycles. The van der Waals surface area contributed by atoms with E-state index in [1.165, 1.54) is 5.56 Å². The quantitative estimate of drug-likeness (QED) is 0.313. The molecule has 0 bridgehead atoms. The minimum atomic E-state index is 0.0310. The van der Waals surface area contributed by atoms with Crippen LogP contribution in [0.4, 0.5) is 5.69 Å². The SMILES string of the molecule is CCCCC1N(Cc2ccc(-c3ccccc3-c3nn[nH]n3)cc2)C(=O)c2cc(C(C)C)ccc2N1C. The second-order valence-corrected chi connectivity index (χ2v) is 10.1. The number of fused-ring (bicyclic) bond motifs is 1. The van der Waals surface area contributed by atoms with Crippen molar-refractivity contribution in [1.29, 1.82) is 0 Å². The van der Waals surface area contributed by atoms with Gasteiger partial charge in [0.1, 0.15) is 6.17 Å². The van der Waals surface area contributed by atoms with Gasteiger partial charge in [0.05, 0.1) is 11.3 Å². The normalized spacial score (nSPS) is 15.4. The predicted molar refractivity (Wildman–Crippen MR) is 147 cm³/mol. The van der Waals surface area contributed by atoms with Crippen LogP contribution >= 0.6 is 0 Å². The molecule has 0 fully saturated rings. The average Bonchev–Trinajstić information content (AvgIpc) is 3.46. The summed E-state index contributed by atoms with van der Waals surface area (Å²) >= 11 is 0. The fourth-order valence-electron chi connectivity index (χ4n) is 5.16. The Hall–Kier alpha value is -4.00. The predicted octanol–water partition coefficient (Wildman–Crippen LogP) is 6.27. The molecule has 0 radical (unpaired) electrons. The first-order valence-corrected chi connectivity index (χ1v) is 13.1. The summed E-state index contributed by atoms with van der Waals surface area (Å²) in [5.74, 6) is 1.06. The Bertz CT molecular complexity index is 1360. The number of tetrazole rings is 1. The number of H-pyrrole nitrogens is 1. The topological polar surface area (TPSA) is 78.0 Å². The van der Waals surface area contributed by atoms with Crippen LogP contribution in [0.2, 0.25) is 0 Å². The lowest BCUT2D eigenvalue weighted by molar-refractivity contribution is 0.0624. The molecule has 7 heteroatoms. The number of anilines is 1. The molecule has 0 spiro atoms. The van der Waals surface area contributed by atoms with Crippen molar-refractivity contribution in [2.75, 3.05) is 11.9 Å². The number of amides is 1. The van der Waals surface area contributed by atoms with Gasteiger partial charge in [-0.2, -0.15) is 5.21 Å². The van der Waals surface area contributed by atoms with E-state index in [1.807, 2.05) is 23.1 Å². The Morgan fingerprint density at radius 3 is 2.41 bits per heavy atom. The van der Waals surface area contributed by atoms with Crippen molar-refractivity contribution < 1.29 is 4.79 Å². The molecule has 1 N–H and O–H groups in total. The number of carbonyl (C=O) groups is 1. The molecule has 2 heterocycles. The molecule has 190 valence electrons. The van der Waals surface area contributed by atoms with Gasteiger partial charge in [-0.15, -0.1) is 10.2 Å². The maximum atomic E-state index is 13.9. The van der Waals surface area contributed by atoms with Gasteiger partial charge in [0.2, 0.25) is 5.82 Å². The number of aromatic nitrogens is 4. The summed E-state index contributed by atoms with van der Waals surface area (Å²) in [4.78, 5) is 18.2. The van der Waals surface area contributed by atoms with Crippen LogP contribution in [0.1, 0.15) is 67.4 Å². The number of aromatic amines is 1. The number of carbonyl (C=O) groups excluding carboxylic acids is 1. The maximum Gasteiger partial charge on any atom is 0.257 e. The molecule has 0 aliphatic carbocycles. The number of nitrogens with one attached hydrogen (secondary N) is 1. The maximum absolute atomic E-state index is 13.9. The highest BCUT2D eigenvalue weighted by Crippen LogP contribution is 2.35. The molecule has 0 saturated carbocycles. The number of hydrogen-bond acceptors (Lipinski definition) is 5. The van der Waals surface area contributed by atoms with Crippen LogP contribution in [0.5, 0.6) is 0 Å². The lowest BCUT2D eigenvalue weighted by atomic mass is 9.95. The third-order valence-electron chi connectivity index (χ3n) is 7.31. The van der Waals surface area contributed by atoms with E-state index in [2.05, 4.69) is 102 Å². The van der Waals surface area contributed by atoms with Crippen LogP contribution in [0.25, 0.3) is 22.5 Å². The van der Waals surface area contributed by atoms with Crippen molar-refractivity contribution in [2.45, 2.75) is 58.7 Å². The van der Waals surface area contributed by atoms with E-state index in [4.69, 9.17) is 0 Å². The van der Waals surface area contributed by atoms with E-state index in [9.17, 15) is 4.79 Å². The molecule has 1 aliphatic rings. The summed E-state index contributed by atoms with van der Waals surface area (Å²) in [5.41, 5.74) is 7.16. The second-order valence-electron chi connectivity index (χ2n) is 10.1. The molecule has 1 unspecified atom stereocenters. The molecule has 1 aliphatic heterocycles. The lowest BCUT2D eigenvalue weighted by Gasteiger charge is -2.44. The smallest absolute Gasteiger partial charge is 0.257 e. The largest absolute Gasteiger partial charge is 0.354 e. The molecule has 1 amide bonds. The van der Waals surface area contributed by atoms with Crippen molar-refractivity contribution in [3.05, 3.63) is 83.4 Å². The van der Waals surface area contributed by atoms with Crippen LogP contribution in [0.3, 0.4) is 0 Å². The summed E-state index contributed by atoms with van der Waals surface area (Å²) in [6.07, 6.45) is 3.15. The Morgan fingerprint density at radius 2 is 1.73 bits per heavy atom. The third kappa shape index (κ3) is 4.86. The summed E-state index contributed by atoms with van der Waals surface area (Å²) in [7, 11) is 2.12. The van der Waals surface area contributed by atoms with E-state index < -0.39 is 0 Å². The fourth-order valence-corrected chi connectivity index (χ4v) is 5.16. The van der Waals surface area contributed by atoms with Gasteiger partial charge in [-0.3, -0.25) is 4.79 Å². The first kappa shape index (κ1) is 24.7. The Morgan fingerprint density at radius 1 is 0.973 bits per heavy atom. The lowest BCUT2D eigenvalue weighted by Crippen LogP contribution is -2.53. The molecule has 0 saturated heterocycles. The van der Waals surface area contributed by atoms with Crippen LogP contribution in [0.15, 0.2) is 66.7 Å². The van der Waals surface area contributed by atoms with E-state index in [0.29, 0.717) is 18.3 Å². The van der Waals surface area contributed by atoms with Gasteiger partial charge in [0.15, 0.2) is 0 Å². The number of hydrogen-bond donors (Lipinski definition) is 1. The summed E-state index contributed by atoms with van der Waals surface area (Å²) in [5, 5.41) is 14.5. The van der Waals surface area contributed by atoms with Crippen LogP contribution in [-0.4, -0.2) is 44.6 Å². The zero-order valence-electron chi connectivity index (χ0n) is 22.0. The van der Waals surface area contributed by atoms with E-state index in [-0.39, 0.29) is 12.1 Å². The molecular weight excluding hydrogens is 460 g/mol. The number of nitrogens with zero attached hydrogens (tertiary/aromatic N) is 5. The molecule has 5 rings (SSSR count). The van der Waals surface area contributed by atoms with Crippen molar-refractivity contribution in [1.82, 2.24) is 25.5 Å². The molecule has 1 atom stereocenters. The Labute approximate surface area is 218 Å². The standard InChI is InChI=1S/C30H34N6O/c1-5-6-11-28-35(4)27-17-16-23(20(2)3)18-26(27)30(37)36(28)19-21-12-14-22(15-13-21)24-9-7-8-10-25(24)29-31-33-34-32-29/h7-10,12-18,20,28H,5-6,11,19H2,1-4H3,(H,31,32,33,34). The van der Waals surface area contributed by atoms with Crippen molar-refractivity contribution in [3.8, 4) is 22.5 Å². The van der Waals surface area contributed by atoms with Gasteiger partial charge in [-0.1, -0.05) is 81.8 Å². The van der Waals surface area contributed by atoms with E-state index >= 15 is 0 Å². The van der Waals surface area contributed by atoms with Crippen molar-refractivity contribution in [3.63, 3.8) is 0 Å². The summed E-state index contributed by atoms with van der Waals surface area (Å²) < 4.78 is 0. The highest BCUT2D eigenvalue weighted by atomic mass is 16.2. The first-order chi connectivity index (χ1) is 18.0. The number of rotatable bonds is 8. The van der Waals surface area contributed by atoms with E-state index in [0.717, 1.165) is 52.8 Å². The van der Waals surface area contributed by atoms with Gasteiger partial charge < -0.3 is 9.80 Å². The first-order valence-electron chi connectivity index (χ1n) is 13.1. The molecule has 1 aromatic heterocycles.